The highest BCUT2D eigenvalue weighted by molar-refractivity contribution is 5.96. The highest BCUT2D eigenvalue weighted by atomic mass is 16.4. The van der Waals surface area contributed by atoms with Crippen LogP contribution in [0, 0.1) is 25.2 Å². The van der Waals surface area contributed by atoms with Gasteiger partial charge in [-0.05, 0) is 44.4 Å². The number of hydrogen-bond donors (Lipinski definition) is 1. The monoisotopic (exact) mass is 375 g/mol. The Bertz CT molecular complexity index is 789. The second-order valence-electron chi connectivity index (χ2n) is 8.23. The summed E-state index contributed by atoms with van der Waals surface area (Å²) in [5.74, 6) is -0.138. The molecule has 146 valence electrons. The van der Waals surface area contributed by atoms with Crippen LogP contribution in [0.25, 0.3) is 0 Å². The number of aliphatic carboxylic acids is 1. The third-order valence-corrected chi connectivity index (χ3v) is 6.22. The van der Waals surface area contributed by atoms with E-state index in [0.717, 1.165) is 25.7 Å². The van der Waals surface area contributed by atoms with Crippen molar-refractivity contribution in [3.8, 4) is 0 Å². The van der Waals surface area contributed by atoms with Crippen LogP contribution < -0.4 is 0 Å². The molecule has 3 heterocycles. The Morgan fingerprint density at radius 1 is 1.19 bits per heavy atom. The first-order valence-electron chi connectivity index (χ1n) is 9.56. The summed E-state index contributed by atoms with van der Waals surface area (Å²) in [6.45, 7) is 5.00. The second-order valence-corrected chi connectivity index (χ2v) is 8.23. The number of nitrogens with zero attached hydrogens (tertiary/aromatic N) is 3. The van der Waals surface area contributed by atoms with Crippen molar-refractivity contribution in [2.24, 2.45) is 11.3 Å². The molecule has 8 heteroatoms. The van der Waals surface area contributed by atoms with Gasteiger partial charge in [-0.1, -0.05) is 0 Å². The lowest BCUT2D eigenvalue weighted by atomic mass is 9.76. The van der Waals surface area contributed by atoms with Crippen LogP contribution in [0.5, 0.6) is 0 Å². The lowest BCUT2D eigenvalue weighted by Gasteiger charge is -2.39. The predicted octanol–water partition coefficient (Wildman–Crippen LogP) is 1.61. The molecule has 0 radical (unpaired) electrons. The van der Waals surface area contributed by atoms with E-state index in [0.29, 0.717) is 37.7 Å². The van der Waals surface area contributed by atoms with E-state index in [2.05, 4.69) is 4.98 Å². The number of piperidine rings is 1. The maximum absolute atomic E-state index is 13.0. The van der Waals surface area contributed by atoms with E-state index in [1.807, 2.05) is 4.90 Å². The van der Waals surface area contributed by atoms with Crippen LogP contribution in [0.1, 0.15) is 54.2 Å². The standard InChI is InChI=1S/C19H25N3O5/c1-11-15(20-12(2)27-11)17(24)22-10-19(9-14(22)18(25)26)5-7-21(8-6-19)16(23)13-3-4-13/h13-14H,3-10H2,1-2H3,(H,25,26)/t14-/m1/s1. The highest BCUT2D eigenvalue weighted by Crippen LogP contribution is 2.45. The molecule has 27 heavy (non-hydrogen) atoms. The minimum atomic E-state index is -0.991. The van der Waals surface area contributed by atoms with Crippen LogP contribution in [0.3, 0.4) is 0 Å². The van der Waals surface area contributed by atoms with Gasteiger partial charge >= 0.3 is 5.97 Å². The Morgan fingerprint density at radius 2 is 1.85 bits per heavy atom. The number of carbonyl (C=O) groups is 3. The van der Waals surface area contributed by atoms with Crippen LogP contribution in [0.2, 0.25) is 0 Å². The number of carboxylic acids is 1. The van der Waals surface area contributed by atoms with Gasteiger partial charge in [-0.2, -0.15) is 0 Å². The smallest absolute Gasteiger partial charge is 0.326 e. The fourth-order valence-electron chi connectivity index (χ4n) is 4.51. The lowest BCUT2D eigenvalue weighted by molar-refractivity contribution is -0.141. The van der Waals surface area contributed by atoms with Crippen LogP contribution in [-0.2, 0) is 9.59 Å². The molecule has 1 aliphatic carbocycles. The number of aromatic nitrogens is 1. The van der Waals surface area contributed by atoms with Crippen molar-refractivity contribution < 1.29 is 23.9 Å². The van der Waals surface area contributed by atoms with E-state index < -0.39 is 12.0 Å². The van der Waals surface area contributed by atoms with Gasteiger partial charge in [-0.25, -0.2) is 9.78 Å². The fourth-order valence-corrected chi connectivity index (χ4v) is 4.51. The summed E-state index contributed by atoms with van der Waals surface area (Å²) in [6, 6.07) is -0.861. The third kappa shape index (κ3) is 3.21. The van der Waals surface area contributed by atoms with Crippen molar-refractivity contribution in [1.29, 1.82) is 0 Å². The Labute approximate surface area is 157 Å². The fraction of sp³-hybridized carbons (Fsp3) is 0.684. The predicted molar refractivity (Wildman–Crippen MR) is 94.0 cm³/mol. The summed E-state index contributed by atoms with van der Waals surface area (Å²) in [5.41, 5.74) is -0.0525. The minimum absolute atomic E-state index is 0.192. The van der Waals surface area contributed by atoms with Crippen LogP contribution in [0.15, 0.2) is 4.42 Å². The van der Waals surface area contributed by atoms with E-state index >= 15 is 0 Å². The summed E-state index contributed by atoms with van der Waals surface area (Å²) in [7, 11) is 0. The van der Waals surface area contributed by atoms with Gasteiger partial charge in [0.05, 0.1) is 0 Å². The van der Waals surface area contributed by atoms with Gasteiger partial charge in [0.25, 0.3) is 5.91 Å². The Kier molecular flexibility index (Phi) is 4.24. The molecule has 0 unspecified atom stereocenters. The molecule has 1 saturated carbocycles. The van der Waals surface area contributed by atoms with Gasteiger partial charge in [0, 0.05) is 32.5 Å². The molecule has 1 atom stereocenters. The molecule has 8 nitrogen and oxygen atoms in total. The first-order chi connectivity index (χ1) is 12.8. The van der Waals surface area contributed by atoms with Crippen LogP contribution in [0.4, 0.5) is 0 Å². The molecule has 4 rings (SSSR count). The first-order valence-corrected chi connectivity index (χ1v) is 9.56. The zero-order valence-electron chi connectivity index (χ0n) is 15.7. The van der Waals surface area contributed by atoms with Gasteiger partial charge in [0.1, 0.15) is 11.8 Å². The number of amides is 2. The number of likely N-dealkylation sites (tertiary alicyclic amines) is 2. The van der Waals surface area contributed by atoms with Crippen molar-refractivity contribution in [2.75, 3.05) is 19.6 Å². The van der Waals surface area contributed by atoms with Gasteiger partial charge in [-0.15, -0.1) is 0 Å². The summed E-state index contributed by atoms with van der Waals surface area (Å²) >= 11 is 0. The van der Waals surface area contributed by atoms with Gasteiger partial charge in [0.15, 0.2) is 11.6 Å². The Morgan fingerprint density at radius 3 is 2.37 bits per heavy atom. The zero-order valence-corrected chi connectivity index (χ0v) is 15.7. The van der Waals surface area contributed by atoms with Gasteiger partial charge in [-0.3, -0.25) is 9.59 Å². The Balaban J connectivity index is 1.50. The molecular formula is C19H25N3O5. The average Bonchev–Trinajstić information content (AvgIpc) is 3.33. The molecule has 1 N–H and O–H groups in total. The lowest BCUT2D eigenvalue weighted by Crippen LogP contribution is -2.45. The van der Waals surface area contributed by atoms with Crippen LogP contribution in [-0.4, -0.2) is 63.4 Å². The molecule has 3 aliphatic rings. The van der Waals surface area contributed by atoms with Crippen molar-refractivity contribution in [1.82, 2.24) is 14.8 Å². The number of oxazole rings is 1. The number of rotatable bonds is 3. The van der Waals surface area contributed by atoms with E-state index in [1.165, 1.54) is 4.90 Å². The molecule has 1 aromatic heterocycles. The summed E-state index contributed by atoms with van der Waals surface area (Å²) in [6.07, 6.45) is 3.86. The maximum atomic E-state index is 13.0. The summed E-state index contributed by atoms with van der Waals surface area (Å²) in [5, 5.41) is 9.69. The van der Waals surface area contributed by atoms with E-state index in [1.54, 1.807) is 13.8 Å². The molecule has 2 aliphatic heterocycles. The topological polar surface area (TPSA) is 104 Å². The molecule has 1 spiro atoms. The molecule has 1 aromatic rings. The number of hydrogen-bond acceptors (Lipinski definition) is 5. The molecular weight excluding hydrogens is 350 g/mol. The molecule has 0 bridgehead atoms. The van der Waals surface area contributed by atoms with Crippen LogP contribution >= 0.6 is 0 Å². The number of aryl methyl sites for hydroxylation is 2. The normalized spacial score (nSPS) is 24.4. The quantitative estimate of drug-likeness (QED) is 0.861. The molecule has 3 fully saturated rings. The SMILES string of the molecule is Cc1nc(C(=O)N2CC3(CCN(C(=O)C4CC4)CC3)C[C@@H]2C(=O)O)c(C)o1. The van der Waals surface area contributed by atoms with Crippen molar-refractivity contribution >= 4 is 17.8 Å². The first kappa shape index (κ1) is 18.0. The minimum Gasteiger partial charge on any atom is -0.480 e. The largest absolute Gasteiger partial charge is 0.480 e. The number of carboxylic acid groups (broad SMARTS) is 1. The Hall–Kier alpha value is -2.38. The van der Waals surface area contributed by atoms with Crippen molar-refractivity contribution in [3.63, 3.8) is 0 Å². The molecule has 0 aromatic carbocycles. The summed E-state index contributed by atoms with van der Waals surface area (Å²) in [4.78, 5) is 44.6. The highest BCUT2D eigenvalue weighted by Gasteiger charge is 2.51. The zero-order chi connectivity index (χ0) is 19.3. The van der Waals surface area contributed by atoms with Gasteiger partial charge < -0.3 is 19.3 Å². The molecule has 2 saturated heterocycles. The average molecular weight is 375 g/mol. The van der Waals surface area contributed by atoms with E-state index in [4.69, 9.17) is 4.42 Å². The van der Waals surface area contributed by atoms with Gasteiger partial charge in [0.2, 0.25) is 5.91 Å². The molecule has 2 amide bonds. The number of carbonyl (C=O) groups excluding carboxylic acids is 2. The summed E-state index contributed by atoms with van der Waals surface area (Å²) < 4.78 is 5.35. The van der Waals surface area contributed by atoms with E-state index in [9.17, 15) is 19.5 Å². The second kappa shape index (κ2) is 6.35. The van der Waals surface area contributed by atoms with E-state index in [-0.39, 0.29) is 28.8 Å². The third-order valence-electron chi connectivity index (χ3n) is 6.22. The van der Waals surface area contributed by atoms with Crippen molar-refractivity contribution in [2.45, 2.75) is 52.0 Å². The van der Waals surface area contributed by atoms with Crippen molar-refractivity contribution in [3.05, 3.63) is 17.3 Å². The maximum Gasteiger partial charge on any atom is 0.326 e.